The van der Waals surface area contributed by atoms with Gasteiger partial charge in [-0.1, -0.05) is 6.07 Å². The van der Waals surface area contributed by atoms with E-state index in [0.717, 1.165) is 17.1 Å². The average molecular weight is 531 g/mol. The molecule has 0 fully saturated rings. The lowest BCUT2D eigenvalue weighted by Crippen LogP contribution is -2.39. The second-order valence-electron chi connectivity index (χ2n) is 9.14. The van der Waals surface area contributed by atoms with Crippen LogP contribution in [-0.4, -0.2) is 68.1 Å². The molecule has 2 aromatic heterocycles. The maximum Gasteiger partial charge on any atom is 0.416 e. The molecule has 198 valence electrons. The number of carbonyl (C=O) groups excluding carboxylic acids is 2. The lowest BCUT2D eigenvalue weighted by molar-refractivity contribution is 0.0232. The molecule has 0 atom stereocenters. The van der Waals surface area contributed by atoms with Crippen LogP contribution in [0.3, 0.4) is 0 Å². The number of hydrogen-bond acceptors (Lipinski definition) is 10. The van der Waals surface area contributed by atoms with E-state index in [1.165, 1.54) is 4.90 Å². The summed E-state index contributed by atoms with van der Waals surface area (Å²) in [5, 5.41) is 0.390. The smallest absolute Gasteiger partial charge is 0.416 e. The van der Waals surface area contributed by atoms with Gasteiger partial charge in [-0.05, 0) is 51.8 Å². The molecular weight excluding hydrogens is 500 g/mol. The predicted molar refractivity (Wildman–Crippen MR) is 135 cm³/mol. The minimum absolute atomic E-state index is 0.173. The van der Waals surface area contributed by atoms with Gasteiger partial charge in [-0.15, -0.1) is 0 Å². The number of hydrogen-bond donors (Lipinski definition) is 0. The first-order valence-electron chi connectivity index (χ1n) is 11.9. The topological polar surface area (TPSA) is 121 Å². The highest BCUT2D eigenvalue weighted by molar-refractivity contribution is 7.10. The maximum atomic E-state index is 13.0. The van der Waals surface area contributed by atoms with E-state index in [1.807, 2.05) is 39.0 Å². The summed E-state index contributed by atoms with van der Waals surface area (Å²) in [5.41, 5.74) is 0.212. The molecular formula is C24H30N6O6S. The van der Waals surface area contributed by atoms with Gasteiger partial charge in [-0.25, -0.2) is 14.6 Å². The van der Waals surface area contributed by atoms with Crippen molar-refractivity contribution in [2.45, 2.75) is 46.3 Å². The number of carbonyl (C=O) groups is 2. The molecule has 1 aliphatic rings. The van der Waals surface area contributed by atoms with Crippen LogP contribution in [0.1, 0.15) is 39.7 Å². The van der Waals surface area contributed by atoms with Gasteiger partial charge in [-0.3, -0.25) is 9.47 Å². The van der Waals surface area contributed by atoms with E-state index >= 15 is 0 Å². The van der Waals surface area contributed by atoms with Gasteiger partial charge >= 0.3 is 12.2 Å². The molecule has 3 aromatic rings. The number of nitrogens with zero attached hydrogens (tertiary/aromatic N) is 6. The van der Waals surface area contributed by atoms with E-state index in [9.17, 15) is 9.59 Å². The summed E-state index contributed by atoms with van der Waals surface area (Å²) in [6.07, 6.45) is 4.38. The number of imidazole rings is 1. The van der Waals surface area contributed by atoms with Crippen LogP contribution in [0.4, 0.5) is 14.7 Å². The van der Waals surface area contributed by atoms with E-state index in [2.05, 4.69) is 14.3 Å². The Balaban J connectivity index is 1.47. The van der Waals surface area contributed by atoms with E-state index in [1.54, 1.807) is 35.1 Å². The zero-order valence-corrected chi connectivity index (χ0v) is 22.1. The van der Waals surface area contributed by atoms with Crippen molar-refractivity contribution in [1.29, 1.82) is 0 Å². The number of fused-ring (bicyclic) bond motifs is 1. The van der Waals surface area contributed by atoms with Crippen molar-refractivity contribution < 1.29 is 28.5 Å². The Labute approximate surface area is 218 Å². The van der Waals surface area contributed by atoms with Crippen molar-refractivity contribution in [2.24, 2.45) is 0 Å². The molecule has 2 amide bonds. The highest BCUT2D eigenvalue weighted by Gasteiger charge is 2.26. The maximum absolute atomic E-state index is 13.0. The summed E-state index contributed by atoms with van der Waals surface area (Å²) >= 11 is 1.08. The SMILES string of the molecule is CCOC(=O)N(CCCN(Cc1ccc2c(c1)OCO2)C(=O)OC(C)(C)C)c1nc(-n2ccnc2)ns1. The van der Waals surface area contributed by atoms with E-state index < -0.39 is 17.8 Å². The molecule has 0 unspecified atom stereocenters. The largest absolute Gasteiger partial charge is 0.454 e. The summed E-state index contributed by atoms with van der Waals surface area (Å²) in [5.74, 6) is 1.72. The first-order chi connectivity index (χ1) is 17.7. The van der Waals surface area contributed by atoms with Gasteiger partial charge in [0.2, 0.25) is 17.9 Å². The van der Waals surface area contributed by atoms with Crippen LogP contribution in [0.5, 0.6) is 11.5 Å². The second-order valence-corrected chi connectivity index (χ2v) is 9.87. The highest BCUT2D eigenvalue weighted by atomic mass is 32.1. The normalized spacial score (nSPS) is 12.3. The third-order valence-corrected chi connectivity index (χ3v) is 5.86. The molecule has 4 rings (SSSR count). The summed E-state index contributed by atoms with van der Waals surface area (Å²) < 4.78 is 27.7. The molecule has 0 aliphatic carbocycles. The number of anilines is 1. The quantitative estimate of drug-likeness (QED) is 0.400. The molecule has 0 radical (unpaired) electrons. The Bertz CT molecular complexity index is 1210. The Hall–Kier alpha value is -3.87. The van der Waals surface area contributed by atoms with Crippen molar-refractivity contribution in [3.05, 3.63) is 42.5 Å². The third kappa shape index (κ3) is 6.88. The predicted octanol–water partition coefficient (Wildman–Crippen LogP) is 4.24. The minimum Gasteiger partial charge on any atom is -0.454 e. The van der Waals surface area contributed by atoms with Gasteiger partial charge in [0.25, 0.3) is 0 Å². The van der Waals surface area contributed by atoms with Gasteiger partial charge < -0.3 is 23.8 Å². The molecule has 1 aliphatic heterocycles. The van der Waals surface area contributed by atoms with Crippen LogP contribution < -0.4 is 14.4 Å². The Morgan fingerprint density at radius 3 is 2.70 bits per heavy atom. The molecule has 0 saturated carbocycles. The van der Waals surface area contributed by atoms with Crippen LogP contribution in [-0.2, 0) is 16.0 Å². The van der Waals surface area contributed by atoms with Crippen molar-refractivity contribution in [3.8, 4) is 17.4 Å². The van der Waals surface area contributed by atoms with Crippen LogP contribution >= 0.6 is 11.5 Å². The zero-order valence-electron chi connectivity index (χ0n) is 21.2. The highest BCUT2D eigenvalue weighted by Crippen LogP contribution is 2.33. The lowest BCUT2D eigenvalue weighted by Gasteiger charge is -2.28. The average Bonchev–Trinajstić information content (AvgIpc) is 3.61. The van der Waals surface area contributed by atoms with E-state index in [4.69, 9.17) is 18.9 Å². The van der Waals surface area contributed by atoms with Crippen molar-refractivity contribution in [2.75, 3.05) is 31.4 Å². The summed E-state index contributed by atoms with van der Waals surface area (Å²) in [6.45, 7) is 8.48. The molecule has 13 heteroatoms. The first kappa shape index (κ1) is 26.2. The van der Waals surface area contributed by atoms with Crippen molar-refractivity contribution in [1.82, 2.24) is 23.8 Å². The fourth-order valence-corrected chi connectivity index (χ4v) is 4.19. The van der Waals surface area contributed by atoms with Crippen LogP contribution in [0.15, 0.2) is 36.9 Å². The van der Waals surface area contributed by atoms with Crippen molar-refractivity contribution in [3.63, 3.8) is 0 Å². The molecule has 0 saturated heterocycles. The van der Waals surface area contributed by atoms with Crippen molar-refractivity contribution >= 4 is 28.9 Å². The minimum atomic E-state index is -0.655. The molecule has 0 N–H and O–H groups in total. The van der Waals surface area contributed by atoms with Crippen LogP contribution in [0.2, 0.25) is 0 Å². The van der Waals surface area contributed by atoms with Gasteiger partial charge in [-0.2, -0.15) is 9.36 Å². The fourth-order valence-electron chi connectivity index (χ4n) is 3.51. The standard InChI is InChI=1S/C24H30N6O6S/c1-5-33-23(32)30(21-26-20(27-37-21)29-12-9-25-15-29)11-6-10-28(22(31)36-24(2,3)4)14-17-7-8-18-19(13-17)35-16-34-18/h7-9,12-13,15H,5-6,10-11,14,16H2,1-4H3. The van der Waals surface area contributed by atoms with E-state index in [0.29, 0.717) is 42.1 Å². The lowest BCUT2D eigenvalue weighted by atomic mass is 10.2. The molecule has 0 bridgehead atoms. The zero-order chi connectivity index (χ0) is 26.4. The fraction of sp³-hybridized carbons (Fsp3) is 0.458. The van der Waals surface area contributed by atoms with E-state index in [-0.39, 0.29) is 19.9 Å². The Kier molecular flexibility index (Phi) is 8.11. The monoisotopic (exact) mass is 530 g/mol. The summed E-state index contributed by atoms with van der Waals surface area (Å²) in [4.78, 5) is 37.2. The second kappa shape index (κ2) is 11.5. The first-order valence-corrected chi connectivity index (χ1v) is 12.6. The summed E-state index contributed by atoms with van der Waals surface area (Å²) in [6, 6.07) is 5.55. The molecule has 1 aromatic carbocycles. The molecule has 37 heavy (non-hydrogen) atoms. The number of benzene rings is 1. The van der Waals surface area contributed by atoms with Gasteiger partial charge in [0, 0.05) is 43.6 Å². The van der Waals surface area contributed by atoms with Gasteiger partial charge in [0.1, 0.15) is 11.9 Å². The van der Waals surface area contributed by atoms with Crippen LogP contribution in [0, 0.1) is 0 Å². The van der Waals surface area contributed by atoms with Crippen LogP contribution in [0.25, 0.3) is 5.95 Å². The Morgan fingerprint density at radius 2 is 1.97 bits per heavy atom. The summed E-state index contributed by atoms with van der Waals surface area (Å²) in [7, 11) is 0. The molecule has 12 nitrogen and oxygen atoms in total. The number of ether oxygens (including phenoxy) is 4. The number of rotatable bonds is 9. The third-order valence-electron chi connectivity index (χ3n) is 5.13. The molecule has 0 spiro atoms. The number of amides is 2. The number of aromatic nitrogens is 4. The van der Waals surface area contributed by atoms with Gasteiger partial charge in [0.05, 0.1) is 6.61 Å². The van der Waals surface area contributed by atoms with Gasteiger partial charge in [0.15, 0.2) is 11.5 Å². The Morgan fingerprint density at radius 1 is 1.16 bits per heavy atom. The molecule has 3 heterocycles.